The second-order valence-electron chi connectivity index (χ2n) is 8.32. The average Bonchev–Trinajstić information content (AvgIpc) is 2.88. The molecule has 0 aliphatic heterocycles. The van der Waals surface area contributed by atoms with Gasteiger partial charge in [0.05, 0.1) is 10.6 Å². The third-order valence-corrected chi connectivity index (χ3v) is 7.61. The number of carbonyl (C=O) groups excluding carboxylic acids is 2. The molecule has 2 amide bonds. The number of sulfonamides is 1. The van der Waals surface area contributed by atoms with Crippen LogP contribution in [-0.4, -0.2) is 44.8 Å². The molecular weight excluding hydrogens is 481 g/mol. The van der Waals surface area contributed by atoms with Gasteiger partial charge in [-0.3, -0.25) is 13.9 Å². The van der Waals surface area contributed by atoms with E-state index in [2.05, 4.69) is 5.32 Å². The fourth-order valence-electron chi connectivity index (χ4n) is 3.87. The SMILES string of the molecule is CCC(C(=O)NC)N(Cc1ccccc1)C(=O)CN(c1ccccc1F)S(=O)(=O)c1ccc(C)cc1. The van der Waals surface area contributed by atoms with Crippen molar-refractivity contribution in [2.45, 2.75) is 37.8 Å². The van der Waals surface area contributed by atoms with Crippen LogP contribution in [0.2, 0.25) is 0 Å². The highest BCUT2D eigenvalue weighted by atomic mass is 32.2. The highest BCUT2D eigenvalue weighted by Gasteiger charge is 2.34. The van der Waals surface area contributed by atoms with E-state index in [0.29, 0.717) is 6.42 Å². The van der Waals surface area contributed by atoms with Gasteiger partial charge in [0.25, 0.3) is 10.0 Å². The van der Waals surface area contributed by atoms with Gasteiger partial charge in [-0.05, 0) is 43.2 Å². The summed E-state index contributed by atoms with van der Waals surface area (Å²) < 4.78 is 42.9. The molecule has 7 nitrogen and oxygen atoms in total. The van der Waals surface area contributed by atoms with E-state index in [1.807, 2.05) is 37.3 Å². The molecule has 0 spiro atoms. The number of aryl methyl sites for hydroxylation is 1. The number of hydrogen-bond donors (Lipinski definition) is 1. The number of carbonyl (C=O) groups is 2. The summed E-state index contributed by atoms with van der Waals surface area (Å²) >= 11 is 0. The molecule has 0 aromatic heterocycles. The second kappa shape index (κ2) is 11.8. The van der Waals surface area contributed by atoms with Gasteiger partial charge in [-0.2, -0.15) is 0 Å². The van der Waals surface area contributed by atoms with E-state index in [1.54, 1.807) is 19.1 Å². The molecule has 3 aromatic rings. The number of likely N-dealkylation sites (N-methyl/N-ethyl adjacent to an activating group) is 1. The molecule has 0 heterocycles. The van der Waals surface area contributed by atoms with Gasteiger partial charge in [-0.25, -0.2) is 12.8 Å². The number of halogens is 1. The molecule has 0 bridgehead atoms. The molecule has 3 aromatic carbocycles. The quantitative estimate of drug-likeness (QED) is 0.448. The molecule has 0 saturated heterocycles. The largest absolute Gasteiger partial charge is 0.357 e. The van der Waals surface area contributed by atoms with Crippen LogP contribution in [0.1, 0.15) is 24.5 Å². The van der Waals surface area contributed by atoms with E-state index in [-0.39, 0.29) is 23.0 Å². The summed E-state index contributed by atoms with van der Waals surface area (Å²) in [6.07, 6.45) is 0.308. The lowest BCUT2D eigenvalue weighted by Gasteiger charge is -2.33. The maximum Gasteiger partial charge on any atom is 0.264 e. The van der Waals surface area contributed by atoms with Crippen LogP contribution in [0, 0.1) is 12.7 Å². The van der Waals surface area contributed by atoms with Crippen LogP contribution in [-0.2, 0) is 26.2 Å². The topological polar surface area (TPSA) is 86.8 Å². The van der Waals surface area contributed by atoms with Gasteiger partial charge in [0, 0.05) is 13.6 Å². The van der Waals surface area contributed by atoms with E-state index in [4.69, 9.17) is 0 Å². The van der Waals surface area contributed by atoms with E-state index in [1.165, 1.54) is 42.3 Å². The number of amides is 2. The minimum absolute atomic E-state index is 0.0721. The Morgan fingerprint density at radius 1 is 0.944 bits per heavy atom. The molecule has 1 atom stereocenters. The number of anilines is 1. The van der Waals surface area contributed by atoms with Crippen molar-refractivity contribution in [1.29, 1.82) is 0 Å². The second-order valence-corrected chi connectivity index (χ2v) is 10.2. The molecule has 0 radical (unpaired) electrons. The Morgan fingerprint density at radius 2 is 1.56 bits per heavy atom. The van der Waals surface area contributed by atoms with Gasteiger partial charge in [0.15, 0.2) is 0 Å². The Hall–Kier alpha value is -3.72. The van der Waals surface area contributed by atoms with Gasteiger partial charge in [0.2, 0.25) is 11.8 Å². The van der Waals surface area contributed by atoms with E-state index in [0.717, 1.165) is 21.5 Å². The van der Waals surface area contributed by atoms with E-state index in [9.17, 15) is 22.4 Å². The van der Waals surface area contributed by atoms with Gasteiger partial charge in [-0.1, -0.05) is 67.1 Å². The minimum Gasteiger partial charge on any atom is -0.357 e. The first-order valence-electron chi connectivity index (χ1n) is 11.6. The molecule has 0 aliphatic carbocycles. The van der Waals surface area contributed by atoms with Gasteiger partial charge >= 0.3 is 0 Å². The molecular formula is C27H30FN3O4S. The van der Waals surface area contributed by atoms with Crippen LogP contribution in [0.5, 0.6) is 0 Å². The zero-order valence-electron chi connectivity index (χ0n) is 20.5. The van der Waals surface area contributed by atoms with Gasteiger partial charge < -0.3 is 10.2 Å². The number of nitrogens with zero attached hydrogens (tertiary/aromatic N) is 2. The average molecular weight is 512 g/mol. The predicted molar refractivity (Wildman–Crippen MR) is 137 cm³/mol. The lowest BCUT2D eigenvalue weighted by Crippen LogP contribution is -2.51. The van der Waals surface area contributed by atoms with Crippen LogP contribution in [0.4, 0.5) is 10.1 Å². The van der Waals surface area contributed by atoms with Crippen molar-refractivity contribution >= 4 is 27.5 Å². The Morgan fingerprint density at radius 3 is 2.14 bits per heavy atom. The minimum atomic E-state index is -4.31. The first-order valence-corrected chi connectivity index (χ1v) is 13.0. The monoisotopic (exact) mass is 511 g/mol. The predicted octanol–water partition coefficient (Wildman–Crippen LogP) is 3.88. The summed E-state index contributed by atoms with van der Waals surface area (Å²) in [5.41, 5.74) is 1.37. The van der Waals surface area contributed by atoms with Crippen molar-refractivity contribution in [3.8, 4) is 0 Å². The Balaban J connectivity index is 2.06. The summed E-state index contributed by atoms with van der Waals surface area (Å²) in [5.74, 6) is -1.79. The van der Waals surface area contributed by atoms with Crippen molar-refractivity contribution in [3.63, 3.8) is 0 Å². The maximum absolute atomic E-state index is 14.9. The Kier molecular flexibility index (Phi) is 8.82. The molecule has 1 N–H and O–H groups in total. The summed E-state index contributed by atoms with van der Waals surface area (Å²) in [5, 5.41) is 2.57. The Bertz CT molecular complexity index is 1300. The molecule has 36 heavy (non-hydrogen) atoms. The highest BCUT2D eigenvalue weighted by molar-refractivity contribution is 7.92. The number of para-hydroxylation sites is 1. The fourth-order valence-corrected chi connectivity index (χ4v) is 5.29. The fraction of sp³-hybridized carbons (Fsp3) is 0.259. The van der Waals surface area contributed by atoms with E-state index >= 15 is 0 Å². The number of benzene rings is 3. The third-order valence-electron chi connectivity index (χ3n) is 5.84. The van der Waals surface area contributed by atoms with Crippen LogP contribution in [0.15, 0.2) is 83.8 Å². The van der Waals surface area contributed by atoms with Crippen LogP contribution < -0.4 is 9.62 Å². The van der Waals surface area contributed by atoms with Crippen molar-refractivity contribution in [2.75, 3.05) is 17.9 Å². The van der Waals surface area contributed by atoms with Gasteiger partial charge in [-0.15, -0.1) is 0 Å². The van der Waals surface area contributed by atoms with Crippen molar-refractivity contribution in [3.05, 3.63) is 95.8 Å². The molecule has 0 saturated carbocycles. The number of nitrogens with one attached hydrogen (secondary N) is 1. The van der Waals surface area contributed by atoms with Crippen LogP contribution >= 0.6 is 0 Å². The smallest absolute Gasteiger partial charge is 0.264 e. The molecule has 190 valence electrons. The van der Waals surface area contributed by atoms with Crippen molar-refractivity contribution in [1.82, 2.24) is 10.2 Å². The van der Waals surface area contributed by atoms with Crippen molar-refractivity contribution < 1.29 is 22.4 Å². The standard InChI is InChI=1S/C27H30FN3O4S/c1-4-24(27(33)29-3)30(18-21-10-6-5-7-11-21)26(32)19-31(25-13-9-8-12-23(25)28)36(34,35)22-16-14-20(2)15-17-22/h5-17,24H,4,18-19H2,1-3H3,(H,29,33). The van der Waals surface area contributed by atoms with Crippen LogP contribution in [0.3, 0.4) is 0 Å². The number of hydrogen-bond acceptors (Lipinski definition) is 4. The molecule has 0 aliphatic rings. The van der Waals surface area contributed by atoms with Crippen molar-refractivity contribution in [2.24, 2.45) is 0 Å². The third kappa shape index (κ3) is 6.09. The first kappa shape index (κ1) is 26.9. The maximum atomic E-state index is 14.9. The summed E-state index contributed by atoms with van der Waals surface area (Å²) in [6.45, 7) is 2.99. The van der Waals surface area contributed by atoms with Gasteiger partial charge in [0.1, 0.15) is 18.4 Å². The molecule has 9 heteroatoms. The zero-order valence-corrected chi connectivity index (χ0v) is 21.3. The number of rotatable bonds is 10. The lowest BCUT2D eigenvalue weighted by atomic mass is 10.1. The first-order chi connectivity index (χ1) is 17.2. The van der Waals surface area contributed by atoms with Crippen LogP contribution in [0.25, 0.3) is 0 Å². The normalized spacial score (nSPS) is 12.0. The highest BCUT2D eigenvalue weighted by Crippen LogP contribution is 2.27. The summed E-state index contributed by atoms with van der Waals surface area (Å²) in [4.78, 5) is 27.6. The zero-order chi connectivity index (χ0) is 26.3. The summed E-state index contributed by atoms with van der Waals surface area (Å²) in [6, 6.07) is 19.7. The lowest BCUT2D eigenvalue weighted by molar-refractivity contribution is -0.140. The van der Waals surface area contributed by atoms with E-state index < -0.39 is 34.3 Å². The summed E-state index contributed by atoms with van der Waals surface area (Å²) in [7, 11) is -2.83. The Labute approximate surface area is 211 Å². The molecule has 0 fully saturated rings. The molecule has 1 unspecified atom stereocenters. The molecule has 3 rings (SSSR count).